The molecule has 0 bridgehead atoms. The fraction of sp³-hybridized carbons (Fsp3) is 0.190. The molecule has 6 aromatic carbocycles. The lowest BCUT2D eigenvalue weighted by molar-refractivity contribution is 0.658. The SMILES string of the molecule is CC1(C)c2ccccc2-c2ccc(C(N)c3ccc4ccccc4c3)cc21.Cc1ccc2c(c1)C(C)(C)c1ccccc1-2. The van der Waals surface area contributed by atoms with Crippen molar-refractivity contribution < 1.29 is 0 Å². The van der Waals surface area contributed by atoms with E-state index in [9.17, 15) is 0 Å². The van der Waals surface area contributed by atoms with Crippen LogP contribution in [0, 0.1) is 6.92 Å². The lowest BCUT2D eigenvalue weighted by Gasteiger charge is -2.23. The van der Waals surface area contributed by atoms with Gasteiger partial charge in [-0.25, -0.2) is 0 Å². The molecule has 0 aliphatic heterocycles. The first-order valence-corrected chi connectivity index (χ1v) is 15.4. The molecule has 0 fully saturated rings. The lowest BCUT2D eigenvalue weighted by Crippen LogP contribution is -2.17. The Morgan fingerprint density at radius 2 is 0.907 bits per heavy atom. The first kappa shape index (κ1) is 27.4. The zero-order chi connectivity index (χ0) is 29.9. The van der Waals surface area contributed by atoms with Crippen molar-refractivity contribution in [3.8, 4) is 22.3 Å². The standard InChI is InChI=1S/C26H23N.C16H16/c1-26(2)23-10-6-5-9-21(23)22-14-13-20(16-24(22)26)25(27)19-12-11-17-7-3-4-8-18(17)15-19;1-11-8-9-13-12-6-4-5-7-14(12)16(2,3)15(13)10-11/h3-16,25H,27H2,1-2H3;4-10H,1-3H3. The lowest BCUT2D eigenvalue weighted by atomic mass is 9.81. The van der Waals surface area contributed by atoms with E-state index >= 15 is 0 Å². The molecule has 43 heavy (non-hydrogen) atoms. The number of rotatable bonds is 2. The number of hydrogen-bond donors (Lipinski definition) is 1. The minimum atomic E-state index is -0.126. The predicted octanol–water partition coefficient (Wildman–Crippen LogP) is 10.5. The maximum absolute atomic E-state index is 6.70. The Kier molecular flexibility index (Phi) is 6.41. The van der Waals surface area contributed by atoms with Crippen LogP contribution in [0.5, 0.6) is 0 Å². The molecule has 8 rings (SSSR count). The van der Waals surface area contributed by atoms with E-state index in [0.717, 1.165) is 5.56 Å². The molecular weight excluding hydrogens is 518 g/mol. The second-order valence-electron chi connectivity index (χ2n) is 13.3. The van der Waals surface area contributed by atoms with Crippen LogP contribution >= 0.6 is 0 Å². The molecule has 2 aliphatic carbocycles. The van der Waals surface area contributed by atoms with Crippen molar-refractivity contribution in [3.05, 3.63) is 166 Å². The topological polar surface area (TPSA) is 26.0 Å². The molecule has 0 saturated carbocycles. The molecule has 0 saturated heterocycles. The largest absolute Gasteiger partial charge is 0.320 e. The average Bonchev–Trinajstić information content (AvgIpc) is 3.40. The van der Waals surface area contributed by atoms with Crippen molar-refractivity contribution in [3.63, 3.8) is 0 Å². The monoisotopic (exact) mass is 557 g/mol. The Hall–Kier alpha value is -4.46. The Bertz CT molecular complexity index is 2010. The minimum absolute atomic E-state index is 0.00500. The van der Waals surface area contributed by atoms with E-state index in [4.69, 9.17) is 5.73 Å². The van der Waals surface area contributed by atoms with Gasteiger partial charge in [0.2, 0.25) is 0 Å². The van der Waals surface area contributed by atoms with E-state index in [1.807, 2.05) is 0 Å². The molecule has 2 N–H and O–H groups in total. The molecule has 0 spiro atoms. The maximum Gasteiger partial charge on any atom is 0.0551 e. The first-order valence-electron chi connectivity index (χ1n) is 15.4. The highest BCUT2D eigenvalue weighted by Crippen LogP contribution is 2.50. The highest BCUT2D eigenvalue weighted by Gasteiger charge is 2.36. The van der Waals surface area contributed by atoms with Gasteiger partial charge in [0.25, 0.3) is 0 Å². The third-order valence-corrected chi connectivity index (χ3v) is 9.84. The van der Waals surface area contributed by atoms with Crippen LogP contribution in [0.2, 0.25) is 0 Å². The smallest absolute Gasteiger partial charge is 0.0551 e. The Labute approximate surface area is 256 Å². The van der Waals surface area contributed by atoms with Crippen molar-refractivity contribution in [2.75, 3.05) is 0 Å². The zero-order valence-electron chi connectivity index (χ0n) is 25.8. The summed E-state index contributed by atoms with van der Waals surface area (Å²) in [6, 6.07) is 45.9. The van der Waals surface area contributed by atoms with Crippen molar-refractivity contribution >= 4 is 10.8 Å². The molecular formula is C42H39N. The van der Waals surface area contributed by atoms with Gasteiger partial charge in [0, 0.05) is 10.8 Å². The molecule has 1 heteroatoms. The summed E-state index contributed by atoms with van der Waals surface area (Å²) in [4.78, 5) is 0. The van der Waals surface area contributed by atoms with Gasteiger partial charge in [0.15, 0.2) is 0 Å². The van der Waals surface area contributed by atoms with Gasteiger partial charge in [-0.3, -0.25) is 0 Å². The summed E-state index contributed by atoms with van der Waals surface area (Å²) in [5.41, 5.74) is 21.7. The van der Waals surface area contributed by atoms with Crippen LogP contribution in [0.15, 0.2) is 127 Å². The summed E-state index contributed by atoms with van der Waals surface area (Å²) in [6.07, 6.45) is 0. The van der Waals surface area contributed by atoms with Gasteiger partial charge in [0.1, 0.15) is 0 Å². The molecule has 1 unspecified atom stereocenters. The number of fused-ring (bicyclic) bond motifs is 7. The van der Waals surface area contributed by atoms with Crippen molar-refractivity contribution in [2.24, 2.45) is 5.73 Å². The van der Waals surface area contributed by atoms with Crippen LogP contribution in [-0.4, -0.2) is 0 Å². The molecule has 212 valence electrons. The van der Waals surface area contributed by atoms with Crippen molar-refractivity contribution in [2.45, 2.75) is 51.5 Å². The summed E-state index contributed by atoms with van der Waals surface area (Å²) < 4.78 is 0. The summed E-state index contributed by atoms with van der Waals surface area (Å²) in [5.74, 6) is 0. The van der Waals surface area contributed by atoms with Crippen LogP contribution in [0.4, 0.5) is 0 Å². The normalized spacial score (nSPS) is 15.5. The van der Waals surface area contributed by atoms with Gasteiger partial charge < -0.3 is 5.73 Å². The quantitative estimate of drug-likeness (QED) is 0.225. The van der Waals surface area contributed by atoms with Gasteiger partial charge in [-0.2, -0.15) is 0 Å². The van der Waals surface area contributed by atoms with E-state index in [-0.39, 0.29) is 16.9 Å². The molecule has 1 nitrogen and oxygen atoms in total. The van der Waals surface area contributed by atoms with Crippen LogP contribution < -0.4 is 5.73 Å². The summed E-state index contributed by atoms with van der Waals surface area (Å²) in [6.45, 7) is 11.4. The maximum atomic E-state index is 6.70. The third-order valence-electron chi connectivity index (χ3n) is 9.84. The van der Waals surface area contributed by atoms with E-state index in [0.29, 0.717) is 0 Å². The van der Waals surface area contributed by atoms with Crippen LogP contribution in [0.1, 0.15) is 72.7 Å². The van der Waals surface area contributed by atoms with E-state index in [1.54, 1.807) is 0 Å². The van der Waals surface area contributed by atoms with Crippen LogP contribution in [0.25, 0.3) is 33.0 Å². The number of aryl methyl sites for hydroxylation is 1. The van der Waals surface area contributed by atoms with E-state index < -0.39 is 0 Å². The highest BCUT2D eigenvalue weighted by atomic mass is 14.6. The Balaban J connectivity index is 0.000000160. The van der Waals surface area contributed by atoms with Crippen molar-refractivity contribution in [1.29, 1.82) is 0 Å². The zero-order valence-corrected chi connectivity index (χ0v) is 25.8. The van der Waals surface area contributed by atoms with Gasteiger partial charge in [-0.05, 0) is 79.4 Å². The molecule has 6 aromatic rings. The number of benzene rings is 6. The molecule has 1 atom stereocenters. The second-order valence-corrected chi connectivity index (χ2v) is 13.3. The van der Waals surface area contributed by atoms with Crippen LogP contribution in [0.3, 0.4) is 0 Å². The molecule has 0 heterocycles. The van der Waals surface area contributed by atoms with Crippen molar-refractivity contribution in [1.82, 2.24) is 0 Å². The molecule has 2 aliphatic rings. The Morgan fingerprint density at radius 1 is 0.442 bits per heavy atom. The number of nitrogens with two attached hydrogens (primary N) is 1. The summed E-state index contributed by atoms with van der Waals surface area (Å²) >= 11 is 0. The number of hydrogen-bond acceptors (Lipinski definition) is 1. The minimum Gasteiger partial charge on any atom is -0.320 e. The van der Waals surface area contributed by atoms with E-state index in [1.165, 1.54) is 66.4 Å². The molecule has 0 aromatic heterocycles. The van der Waals surface area contributed by atoms with Gasteiger partial charge in [-0.1, -0.05) is 155 Å². The van der Waals surface area contributed by atoms with Gasteiger partial charge in [-0.15, -0.1) is 0 Å². The fourth-order valence-electron chi connectivity index (χ4n) is 7.33. The summed E-state index contributed by atoms with van der Waals surface area (Å²) in [5, 5.41) is 2.48. The first-order chi connectivity index (χ1) is 20.7. The fourth-order valence-corrected chi connectivity index (χ4v) is 7.33. The molecule has 0 radical (unpaired) electrons. The van der Waals surface area contributed by atoms with Crippen LogP contribution in [-0.2, 0) is 10.8 Å². The van der Waals surface area contributed by atoms with Gasteiger partial charge in [0.05, 0.1) is 6.04 Å². The highest BCUT2D eigenvalue weighted by molar-refractivity contribution is 5.84. The van der Waals surface area contributed by atoms with E-state index in [2.05, 4.69) is 162 Å². The third kappa shape index (κ3) is 4.42. The summed E-state index contributed by atoms with van der Waals surface area (Å²) in [7, 11) is 0. The predicted molar refractivity (Wildman–Crippen MR) is 183 cm³/mol. The second kappa shape index (κ2) is 10.1. The van der Waals surface area contributed by atoms with Gasteiger partial charge >= 0.3 is 0 Å². The molecule has 0 amide bonds. The average molecular weight is 558 g/mol. The Morgan fingerprint density at radius 3 is 1.56 bits per heavy atom.